The van der Waals surface area contributed by atoms with E-state index in [0.717, 1.165) is 30.3 Å². The van der Waals surface area contributed by atoms with Crippen LogP contribution in [-0.4, -0.2) is 21.5 Å². The van der Waals surface area contributed by atoms with E-state index in [0.29, 0.717) is 0 Å². The molecule has 2 aromatic carbocycles. The zero-order valence-corrected chi connectivity index (χ0v) is 13.9. The Hall–Kier alpha value is -1.83. The first-order valence-electron chi connectivity index (χ1n) is 6.02. The molecule has 0 heterocycles. The minimum atomic E-state index is -4.32. The molecule has 0 unspecified atom stereocenters. The molecule has 0 aliphatic heterocycles. The number of carbonyl (C=O) groups is 1. The molecule has 0 saturated carbocycles. The number of benzene rings is 2. The Balaban J connectivity index is 2.38. The molecule has 0 N–H and O–H groups in total. The Morgan fingerprint density at radius 2 is 1.78 bits per heavy atom. The molecule has 2 aromatic rings. The third-order valence-corrected chi connectivity index (χ3v) is 4.73. The second-order valence-electron chi connectivity index (χ2n) is 4.25. The van der Waals surface area contributed by atoms with E-state index < -0.39 is 21.9 Å². The van der Waals surface area contributed by atoms with Gasteiger partial charge in [0.15, 0.2) is 5.75 Å². The summed E-state index contributed by atoms with van der Waals surface area (Å²) in [5.74, 6) is -1.56. The van der Waals surface area contributed by atoms with Crippen molar-refractivity contribution in [1.29, 1.82) is 0 Å². The van der Waals surface area contributed by atoms with Crippen LogP contribution in [-0.2, 0) is 14.9 Å². The molecule has 0 amide bonds. The highest BCUT2D eigenvalue weighted by molar-refractivity contribution is 7.87. The van der Waals surface area contributed by atoms with Crippen molar-refractivity contribution in [2.45, 2.75) is 4.90 Å². The van der Waals surface area contributed by atoms with Gasteiger partial charge in [-0.05, 0) is 36.4 Å². The van der Waals surface area contributed by atoms with E-state index in [9.17, 15) is 17.6 Å². The van der Waals surface area contributed by atoms with Crippen molar-refractivity contribution < 1.29 is 26.5 Å². The summed E-state index contributed by atoms with van der Waals surface area (Å²) in [6.07, 6.45) is 0. The van der Waals surface area contributed by atoms with Crippen LogP contribution in [0.15, 0.2) is 41.3 Å². The van der Waals surface area contributed by atoms with E-state index in [1.807, 2.05) is 0 Å². The Bertz CT molecular complexity index is 867. The van der Waals surface area contributed by atoms with Crippen molar-refractivity contribution >= 4 is 39.3 Å². The summed E-state index contributed by atoms with van der Waals surface area (Å²) in [6.45, 7) is 0. The number of hydrogen-bond acceptors (Lipinski definition) is 5. The molecule has 0 bridgehead atoms. The van der Waals surface area contributed by atoms with Gasteiger partial charge in [-0.25, -0.2) is 9.18 Å². The lowest BCUT2D eigenvalue weighted by Gasteiger charge is -2.10. The lowest BCUT2D eigenvalue weighted by molar-refractivity contribution is 0.0600. The minimum absolute atomic E-state index is 0.0799. The van der Waals surface area contributed by atoms with Gasteiger partial charge in [0.1, 0.15) is 10.7 Å². The van der Waals surface area contributed by atoms with E-state index in [4.69, 9.17) is 27.4 Å². The number of hydrogen-bond donors (Lipinski definition) is 0. The fourth-order valence-electron chi connectivity index (χ4n) is 1.65. The van der Waals surface area contributed by atoms with Gasteiger partial charge in [-0.15, -0.1) is 0 Å². The molecule has 2 rings (SSSR count). The van der Waals surface area contributed by atoms with Crippen LogP contribution in [0.4, 0.5) is 4.39 Å². The zero-order chi connectivity index (χ0) is 17.2. The van der Waals surface area contributed by atoms with Crippen LogP contribution >= 0.6 is 23.2 Å². The van der Waals surface area contributed by atoms with Crippen molar-refractivity contribution in [2.24, 2.45) is 0 Å². The highest BCUT2D eigenvalue weighted by Crippen LogP contribution is 2.30. The molecule has 0 aliphatic carbocycles. The second-order valence-corrected chi connectivity index (χ2v) is 6.58. The normalized spacial score (nSPS) is 11.1. The first-order valence-corrected chi connectivity index (χ1v) is 8.18. The first kappa shape index (κ1) is 17.5. The van der Waals surface area contributed by atoms with Crippen molar-refractivity contribution in [3.63, 3.8) is 0 Å². The van der Waals surface area contributed by atoms with Crippen LogP contribution in [0.25, 0.3) is 0 Å². The summed E-state index contributed by atoms with van der Waals surface area (Å²) in [5, 5.41) is -0.443. The number of esters is 1. The van der Waals surface area contributed by atoms with E-state index in [1.165, 1.54) is 13.2 Å². The van der Waals surface area contributed by atoms with E-state index in [-0.39, 0.29) is 26.3 Å². The smallest absolute Gasteiger partial charge is 0.340 e. The van der Waals surface area contributed by atoms with Gasteiger partial charge in [-0.2, -0.15) is 8.42 Å². The molecule has 0 aromatic heterocycles. The predicted molar refractivity (Wildman–Crippen MR) is 82.0 cm³/mol. The van der Waals surface area contributed by atoms with Crippen LogP contribution in [0, 0.1) is 5.82 Å². The summed E-state index contributed by atoms with van der Waals surface area (Å²) >= 11 is 11.6. The van der Waals surface area contributed by atoms with Crippen LogP contribution in [0.5, 0.6) is 5.75 Å². The van der Waals surface area contributed by atoms with Gasteiger partial charge in [0, 0.05) is 0 Å². The second kappa shape index (κ2) is 6.74. The van der Waals surface area contributed by atoms with Crippen molar-refractivity contribution in [3.8, 4) is 5.75 Å². The Morgan fingerprint density at radius 1 is 1.09 bits per heavy atom. The largest absolute Gasteiger partial charge is 0.465 e. The topological polar surface area (TPSA) is 69.7 Å². The van der Waals surface area contributed by atoms with Gasteiger partial charge in [-0.3, -0.25) is 0 Å². The molecular weight excluding hydrogens is 370 g/mol. The molecule has 23 heavy (non-hydrogen) atoms. The summed E-state index contributed by atoms with van der Waals surface area (Å²) in [4.78, 5) is 11.0. The maximum Gasteiger partial charge on any atom is 0.340 e. The Kier molecular flexibility index (Phi) is 5.13. The van der Waals surface area contributed by atoms with Crippen LogP contribution in [0.3, 0.4) is 0 Å². The molecule has 5 nitrogen and oxygen atoms in total. The average molecular weight is 379 g/mol. The third-order valence-electron chi connectivity index (χ3n) is 2.72. The molecule has 0 atom stereocenters. The molecule has 0 radical (unpaired) electrons. The fourth-order valence-corrected chi connectivity index (χ4v) is 3.37. The fraction of sp³-hybridized carbons (Fsp3) is 0.0714. The van der Waals surface area contributed by atoms with Gasteiger partial charge < -0.3 is 8.92 Å². The number of ether oxygens (including phenoxy) is 1. The Morgan fingerprint density at radius 3 is 2.35 bits per heavy atom. The van der Waals surface area contributed by atoms with Crippen LogP contribution in [0.1, 0.15) is 10.4 Å². The zero-order valence-electron chi connectivity index (χ0n) is 11.5. The lowest BCUT2D eigenvalue weighted by atomic mass is 10.2. The monoisotopic (exact) mass is 378 g/mol. The van der Waals surface area contributed by atoms with E-state index >= 15 is 0 Å². The molecule has 0 spiro atoms. The number of carbonyl (C=O) groups excluding carboxylic acids is 1. The molecule has 0 fully saturated rings. The van der Waals surface area contributed by atoms with Gasteiger partial charge in [0.05, 0.1) is 22.7 Å². The Labute approximate surface area is 141 Å². The van der Waals surface area contributed by atoms with Gasteiger partial charge in [0.2, 0.25) is 0 Å². The van der Waals surface area contributed by atoms with Crippen LogP contribution < -0.4 is 4.18 Å². The van der Waals surface area contributed by atoms with Crippen LogP contribution in [0.2, 0.25) is 10.0 Å². The molecular formula is C14H9Cl2FO5S. The van der Waals surface area contributed by atoms with Crippen molar-refractivity contribution in [3.05, 3.63) is 57.8 Å². The maximum absolute atomic E-state index is 13.0. The molecule has 0 saturated heterocycles. The van der Waals surface area contributed by atoms with Crippen molar-refractivity contribution in [2.75, 3.05) is 7.11 Å². The quantitative estimate of drug-likeness (QED) is 0.599. The number of methoxy groups -OCH3 is 1. The summed E-state index contributed by atoms with van der Waals surface area (Å²) in [7, 11) is -3.14. The highest BCUT2D eigenvalue weighted by Gasteiger charge is 2.23. The summed E-state index contributed by atoms with van der Waals surface area (Å²) in [6, 6.07) is 6.44. The predicted octanol–water partition coefficient (Wildman–Crippen LogP) is 3.69. The van der Waals surface area contributed by atoms with E-state index in [2.05, 4.69) is 4.74 Å². The molecule has 122 valence electrons. The maximum atomic E-state index is 13.0. The standard InChI is InChI=1S/C14H9Cl2FO5S/c1-21-14(18)8-2-5-13(11(16)6-8)23(19,20)22-12-4-3-9(17)7-10(12)15/h2-7H,1H3. The number of halogens is 3. The summed E-state index contributed by atoms with van der Waals surface area (Å²) in [5.41, 5.74) is 0.0799. The number of rotatable bonds is 4. The minimum Gasteiger partial charge on any atom is -0.465 e. The highest BCUT2D eigenvalue weighted by atomic mass is 35.5. The SMILES string of the molecule is COC(=O)c1ccc(S(=O)(=O)Oc2ccc(F)cc2Cl)c(Cl)c1. The summed E-state index contributed by atoms with van der Waals surface area (Å²) < 4.78 is 46.8. The van der Waals surface area contributed by atoms with Gasteiger partial charge >= 0.3 is 16.1 Å². The van der Waals surface area contributed by atoms with Gasteiger partial charge in [-0.1, -0.05) is 23.2 Å². The van der Waals surface area contributed by atoms with Crippen molar-refractivity contribution in [1.82, 2.24) is 0 Å². The first-order chi connectivity index (χ1) is 10.7. The van der Waals surface area contributed by atoms with Gasteiger partial charge in [0.25, 0.3) is 0 Å². The average Bonchev–Trinajstić information content (AvgIpc) is 2.48. The lowest BCUT2D eigenvalue weighted by Crippen LogP contribution is -2.11. The van der Waals surface area contributed by atoms with E-state index in [1.54, 1.807) is 0 Å². The third kappa shape index (κ3) is 3.93. The molecule has 0 aliphatic rings. The molecule has 9 heteroatoms.